The SMILES string of the molecule is CC(C)(C)OC(=O)N[C@@H](Cc1ccccc1)c1ccc(-c2cc(Cl)ccc2-n2cnnn2)c[n+]1[O-].N[C@@H](Cc1ccccc1)c1ccc(-c2cc(Cl)ccc2-n2cnnn2)c[n+]1[O-].O=C(O)C(F)(F)F. The molecule has 0 spiro atoms. The number of halogens is 5. The lowest BCUT2D eigenvalue weighted by molar-refractivity contribution is -0.615. The van der Waals surface area contributed by atoms with E-state index in [1.807, 2.05) is 66.7 Å². The molecule has 70 heavy (non-hydrogen) atoms. The zero-order valence-electron chi connectivity index (χ0n) is 37.4. The Labute approximate surface area is 407 Å². The average Bonchev–Trinajstić information content (AvgIpc) is 4.05. The topological polar surface area (TPSA) is 243 Å². The van der Waals surface area contributed by atoms with Gasteiger partial charge >= 0.3 is 18.2 Å². The lowest BCUT2D eigenvalue weighted by Gasteiger charge is -2.23. The number of carbonyl (C=O) groups is 2. The molecule has 0 aliphatic carbocycles. The number of nitrogens with one attached hydrogen (secondary N) is 1. The number of aromatic nitrogens is 10. The van der Waals surface area contributed by atoms with Crippen LogP contribution in [0.5, 0.6) is 0 Å². The van der Waals surface area contributed by atoms with Gasteiger partial charge in [0.05, 0.1) is 17.4 Å². The van der Waals surface area contributed by atoms with E-state index in [0.29, 0.717) is 56.7 Å². The summed E-state index contributed by atoms with van der Waals surface area (Å²) in [7, 11) is 0. The number of alkyl carbamates (subject to hydrolysis) is 1. The van der Waals surface area contributed by atoms with Gasteiger partial charge in [0.25, 0.3) is 0 Å². The van der Waals surface area contributed by atoms with E-state index in [0.717, 1.165) is 31.8 Å². The number of hydrogen-bond acceptors (Lipinski definition) is 12. The molecule has 362 valence electrons. The van der Waals surface area contributed by atoms with Gasteiger partial charge in [0.15, 0.2) is 12.4 Å². The fourth-order valence-electron chi connectivity index (χ4n) is 6.78. The normalized spacial score (nSPS) is 12.1. The predicted molar refractivity (Wildman–Crippen MR) is 250 cm³/mol. The van der Waals surface area contributed by atoms with E-state index in [-0.39, 0.29) is 0 Å². The summed E-state index contributed by atoms with van der Waals surface area (Å²) in [5, 5.41) is 59.5. The van der Waals surface area contributed by atoms with Crippen LogP contribution in [-0.2, 0) is 22.4 Å². The quantitative estimate of drug-likeness (QED) is 0.0825. The number of alkyl halides is 3. The number of carboxylic acid groups (broad SMARTS) is 1. The van der Waals surface area contributed by atoms with Gasteiger partial charge in [-0.25, -0.2) is 9.59 Å². The van der Waals surface area contributed by atoms with Gasteiger partial charge in [-0.15, -0.1) is 10.2 Å². The molecule has 4 heterocycles. The summed E-state index contributed by atoms with van der Waals surface area (Å²) in [6.07, 6.45) is 1.21. The first-order chi connectivity index (χ1) is 33.3. The van der Waals surface area contributed by atoms with E-state index < -0.39 is 35.9 Å². The third kappa shape index (κ3) is 14.3. The number of nitrogens with zero attached hydrogens (tertiary/aromatic N) is 10. The van der Waals surface area contributed by atoms with Gasteiger partial charge < -0.3 is 31.3 Å². The Kier molecular flexibility index (Phi) is 16.8. The second-order valence-corrected chi connectivity index (χ2v) is 17.0. The highest BCUT2D eigenvalue weighted by Gasteiger charge is 2.38. The van der Waals surface area contributed by atoms with Crippen LogP contribution >= 0.6 is 23.2 Å². The fraction of sp³-hybridized carbons (Fsp3) is 0.191. The summed E-state index contributed by atoms with van der Waals surface area (Å²) in [6, 6.07) is 36.1. The molecule has 23 heteroatoms. The van der Waals surface area contributed by atoms with Gasteiger partial charge in [-0.3, -0.25) is 0 Å². The Morgan fingerprint density at radius 1 is 0.714 bits per heavy atom. The fourth-order valence-corrected chi connectivity index (χ4v) is 7.13. The maximum absolute atomic E-state index is 13.2. The van der Waals surface area contributed by atoms with Crippen molar-refractivity contribution < 1.29 is 42.1 Å². The van der Waals surface area contributed by atoms with Crippen LogP contribution in [0.4, 0.5) is 18.0 Å². The number of tetrazole rings is 2. The standard InChI is InChI=1S/C25H25ClN6O3.C20H17ClN6O.C2HF3O2/c1-25(2,3)35-24(33)28-21(13-17-7-5-4-6-8-17)23-11-9-18(15-32(23)34)20-14-19(26)10-12-22(20)31-16-27-29-30-31;21-16-7-9-19(26-13-23-24-25-26)17(11-16)15-6-8-20(27(28)12-15)18(22)10-14-4-2-1-3-5-14;3-2(4,5)1(6)7/h4-12,14-16,21H,13H2,1-3H3,(H,28,33);1-9,11-13,18H,10,22H2;(H,6,7)/t21-;18-;/m00./s1. The molecule has 0 saturated heterocycles. The minimum Gasteiger partial charge on any atom is -0.618 e. The smallest absolute Gasteiger partial charge is 0.490 e. The lowest BCUT2D eigenvalue weighted by Crippen LogP contribution is -2.42. The lowest BCUT2D eigenvalue weighted by atomic mass is 10.0. The number of carboxylic acids is 1. The number of aliphatic carboxylic acids is 1. The van der Waals surface area contributed by atoms with Crippen molar-refractivity contribution in [2.75, 3.05) is 0 Å². The molecule has 0 aliphatic rings. The minimum atomic E-state index is -5.08. The van der Waals surface area contributed by atoms with Crippen molar-refractivity contribution in [2.45, 2.75) is 57.5 Å². The van der Waals surface area contributed by atoms with Crippen LogP contribution in [0.2, 0.25) is 10.0 Å². The first kappa shape index (κ1) is 51.4. The zero-order valence-corrected chi connectivity index (χ0v) is 38.9. The van der Waals surface area contributed by atoms with Crippen LogP contribution in [0.25, 0.3) is 33.6 Å². The van der Waals surface area contributed by atoms with Gasteiger partial charge in [-0.1, -0.05) is 83.9 Å². The van der Waals surface area contributed by atoms with Crippen LogP contribution in [-0.4, -0.2) is 69.4 Å². The molecule has 8 rings (SSSR count). The molecule has 0 aliphatic heterocycles. The van der Waals surface area contributed by atoms with E-state index in [1.54, 1.807) is 75.4 Å². The third-order valence-electron chi connectivity index (χ3n) is 9.87. The molecule has 0 bridgehead atoms. The predicted octanol–water partition coefficient (Wildman–Crippen LogP) is 7.92. The van der Waals surface area contributed by atoms with Crippen molar-refractivity contribution in [1.82, 2.24) is 45.7 Å². The summed E-state index contributed by atoms with van der Waals surface area (Å²) in [5.74, 6) is -2.76. The van der Waals surface area contributed by atoms with E-state index in [9.17, 15) is 28.4 Å². The molecule has 8 aromatic rings. The van der Waals surface area contributed by atoms with Crippen molar-refractivity contribution in [3.8, 4) is 33.6 Å². The highest BCUT2D eigenvalue weighted by molar-refractivity contribution is 6.31. The Balaban J connectivity index is 0.000000206. The molecule has 1 amide bonds. The molecule has 4 aromatic carbocycles. The molecule has 2 atom stereocenters. The highest BCUT2D eigenvalue weighted by Crippen LogP contribution is 2.31. The summed E-state index contributed by atoms with van der Waals surface area (Å²) in [4.78, 5) is 21.5. The number of amides is 1. The minimum absolute atomic E-state index is 0.370. The maximum Gasteiger partial charge on any atom is 0.490 e. The molecule has 18 nitrogen and oxygen atoms in total. The van der Waals surface area contributed by atoms with E-state index >= 15 is 0 Å². The molecule has 4 N–H and O–H groups in total. The number of rotatable bonds is 11. The van der Waals surface area contributed by atoms with Gasteiger partial charge in [0.2, 0.25) is 11.4 Å². The average molecular weight is 1000 g/mol. The van der Waals surface area contributed by atoms with E-state index in [1.165, 1.54) is 34.4 Å². The molecule has 4 aromatic heterocycles. The maximum atomic E-state index is 13.2. The molecule has 0 fully saturated rings. The second-order valence-electron chi connectivity index (χ2n) is 16.2. The number of carbonyl (C=O) groups excluding carboxylic acids is 1. The molecular formula is C47H43Cl2F3N12O6. The number of benzene rings is 4. The molecular weight excluding hydrogens is 956 g/mol. The van der Waals surface area contributed by atoms with Crippen LogP contribution in [0.3, 0.4) is 0 Å². The van der Waals surface area contributed by atoms with Gasteiger partial charge in [0, 0.05) is 50.9 Å². The number of pyridine rings is 2. The van der Waals surface area contributed by atoms with Crippen LogP contribution in [0.1, 0.15) is 55.4 Å². The Morgan fingerprint density at radius 3 is 1.56 bits per heavy atom. The van der Waals surface area contributed by atoms with Gasteiger partial charge in [-0.05, 0) is 108 Å². The number of hydrogen-bond donors (Lipinski definition) is 3. The van der Waals surface area contributed by atoms with Gasteiger partial charge in [0.1, 0.15) is 24.3 Å². The van der Waals surface area contributed by atoms with Crippen molar-refractivity contribution in [1.29, 1.82) is 0 Å². The van der Waals surface area contributed by atoms with Crippen molar-refractivity contribution in [3.63, 3.8) is 0 Å². The Hall–Kier alpha value is -8.01. The van der Waals surface area contributed by atoms with Crippen molar-refractivity contribution in [3.05, 3.63) is 189 Å². The van der Waals surface area contributed by atoms with Crippen molar-refractivity contribution >= 4 is 35.3 Å². The molecule has 0 unspecified atom stereocenters. The van der Waals surface area contributed by atoms with Crippen LogP contribution in [0.15, 0.2) is 146 Å². The van der Waals surface area contributed by atoms with Crippen LogP contribution < -0.4 is 20.5 Å². The van der Waals surface area contributed by atoms with E-state index in [4.69, 9.17) is 43.6 Å². The van der Waals surface area contributed by atoms with Crippen molar-refractivity contribution in [2.24, 2.45) is 5.73 Å². The largest absolute Gasteiger partial charge is 0.618 e. The number of nitrogens with two attached hydrogens (primary N) is 1. The molecule has 0 saturated carbocycles. The van der Waals surface area contributed by atoms with E-state index in [2.05, 4.69) is 36.4 Å². The molecule has 0 radical (unpaired) electrons. The monoisotopic (exact) mass is 998 g/mol. The first-order valence-electron chi connectivity index (χ1n) is 20.9. The summed E-state index contributed by atoms with van der Waals surface area (Å²) in [5.41, 5.74) is 12.6. The third-order valence-corrected chi connectivity index (χ3v) is 10.3. The summed E-state index contributed by atoms with van der Waals surface area (Å²) < 4.78 is 41.8. The Bertz CT molecular complexity index is 3000. The zero-order chi connectivity index (χ0) is 50.6. The Morgan fingerprint density at radius 2 is 1.16 bits per heavy atom. The highest BCUT2D eigenvalue weighted by atomic mass is 35.5. The summed E-state index contributed by atoms with van der Waals surface area (Å²) in [6.45, 7) is 5.36. The number of ether oxygens (including phenoxy) is 1. The van der Waals surface area contributed by atoms with Gasteiger partial charge in [-0.2, -0.15) is 32.0 Å². The van der Waals surface area contributed by atoms with Crippen LogP contribution in [0, 0.1) is 10.4 Å². The summed E-state index contributed by atoms with van der Waals surface area (Å²) >= 11 is 12.4. The second kappa shape index (κ2) is 22.9. The first-order valence-corrected chi connectivity index (χ1v) is 21.7.